The Morgan fingerprint density at radius 1 is 0.550 bits per heavy atom. The second-order valence-corrected chi connectivity index (χ2v) is 11.1. The van der Waals surface area contributed by atoms with Crippen molar-refractivity contribution in [2.75, 3.05) is 0 Å². The van der Waals surface area contributed by atoms with Gasteiger partial charge in [0.15, 0.2) is 5.82 Å². The summed E-state index contributed by atoms with van der Waals surface area (Å²) < 4.78 is 2.35. The molecule has 40 heavy (non-hydrogen) atoms. The van der Waals surface area contributed by atoms with Gasteiger partial charge in [0.25, 0.3) is 0 Å². The van der Waals surface area contributed by atoms with Crippen molar-refractivity contribution in [3.8, 4) is 39.6 Å². The molecular formula is C37H27N3. The molecule has 3 heteroatoms. The van der Waals surface area contributed by atoms with Gasteiger partial charge in [-0.05, 0) is 29.8 Å². The lowest BCUT2D eigenvalue weighted by Crippen LogP contribution is -2.17. The Kier molecular flexibility index (Phi) is 4.86. The van der Waals surface area contributed by atoms with E-state index in [4.69, 9.17) is 9.97 Å². The highest BCUT2D eigenvalue weighted by atomic mass is 15.0. The van der Waals surface area contributed by atoms with Gasteiger partial charge in [0.1, 0.15) is 0 Å². The van der Waals surface area contributed by atoms with Gasteiger partial charge in [-0.3, -0.25) is 0 Å². The van der Waals surface area contributed by atoms with E-state index in [1.807, 2.05) is 0 Å². The minimum atomic E-state index is -0.194. The summed E-state index contributed by atoms with van der Waals surface area (Å²) in [6.45, 7) is 4.58. The molecule has 0 amide bonds. The van der Waals surface area contributed by atoms with Gasteiger partial charge in [-0.15, -0.1) is 0 Å². The maximum Gasteiger partial charge on any atom is 0.160 e. The Labute approximate surface area is 233 Å². The van der Waals surface area contributed by atoms with Crippen LogP contribution in [-0.2, 0) is 5.41 Å². The first-order valence-electron chi connectivity index (χ1n) is 13.8. The molecule has 0 spiro atoms. The maximum atomic E-state index is 5.29. The zero-order chi connectivity index (χ0) is 26.8. The van der Waals surface area contributed by atoms with Crippen LogP contribution in [0.1, 0.15) is 25.0 Å². The Hall–Kier alpha value is -5.02. The molecular weight excluding hydrogens is 486 g/mol. The van der Waals surface area contributed by atoms with E-state index in [2.05, 4.69) is 146 Å². The van der Waals surface area contributed by atoms with E-state index in [-0.39, 0.29) is 5.41 Å². The first-order chi connectivity index (χ1) is 19.6. The third kappa shape index (κ3) is 3.24. The standard InChI is InChI=1S/C37H27N3/c1-37(2)30-20-9-6-19-29(30)35-33(37)34(24-13-4-3-5-14-24)38-36(39-35)25-15-12-16-26(23-25)40-31-21-10-7-17-27(31)28-18-8-11-22-32(28)40/h3-23H,1-2H3. The largest absolute Gasteiger partial charge is 0.309 e. The minimum absolute atomic E-state index is 0.194. The monoisotopic (exact) mass is 513 g/mol. The molecule has 2 heterocycles. The zero-order valence-corrected chi connectivity index (χ0v) is 22.5. The van der Waals surface area contributed by atoms with Gasteiger partial charge in [-0.1, -0.05) is 117 Å². The van der Waals surface area contributed by atoms with Crippen molar-refractivity contribution in [1.29, 1.82) is 0 Å². The lowest BCUT2D eigenvalue weighted by atomic mass is 9.81. The third-order valence-electron chi connectivity index (χ3n) is 8.38. The van der Waals surface area contributed by atoms with Gasteiger partial charge in [0, 0.05) is 44.1 Å². The summed E-state index contributed by atoms with van der Waals surface area (Å²) in [5, 5.41) is 2.50. The van der Waals surface area contributed by atoms with Gasteiger partial charge in [-0.25, -0.2) is 9.97 Å². The molecule has 0 bridgehead atoms. The fourth-order valence-corrected chi connectivity index (χ4v) is 6.54. The van der Waals surface area contributed by atoms with Crippen molar-refractivity contribution in [1.82, 2.24) is 14.5 Å². The van der Waals surface area contributed by atoms with Gasteiger partial charge in [-0.2, -0.15) is 0 Å². The maximum absolute atomic E-state index is 5.29. The van der Waals surface area contributed by atoms with Crippen LogP contribution in [0, 0.1) is 0 Å². The van der Waals surface area contributed by atoms with Crippen molar-refractivity contribution in [3.63, 3.8) is 0 Å². The average Bonchev–Trinajstić information content (AvgIpc) is 3.47. The number of aromatic nitrogens is 3. The lowest BCUT2D eigenvalue weighted by molar-refractivity contribution is 0.658. The van der Waals surface area contributed by atoms with Crippen LogP contribution in [-0.4, -0.2) is 14.5 Å². The molecule has 0 N–H and O–H groups in total. The molecule has 5 aromatic carbocycles. The lowest BCUT2D eigenvalue weighted by Gasteiger charge is -2.23. The molecule has 0 aliphatic heterocycles. The summed E-state index contributed by atoms with van der Waals surface area (Å²) >= 11 is 0. The predicted molar refractivity (Wildman–Crippen MR) is 165 cm³/mol. The third-order valence-corrected chi connectivity index (χ3v) is 8.38. The quantitative estimate of drug-likeness (QED) is 0.236. The molecule has 1 aliphatic carbocycles. The average molecular weight is 514 g/mol. The van der Waals surface area contributed by atoms with Gasteiger partial charge >= 0.3 is 0 Å². The highest BCUT2D eigenvalue weighted by Gasteiger charge is 2.39. The first-order valence-corrected chi connectivity index (χ1v) is 13.8. The van der Waals surface area contributed by atoms with Gasteiger partial charge < -0.3 is 4.57 Å². The van der Waals surface area contributed by atoms with E-state index in [9.17, 15) is 0 Å². The van der Waals surface area contributed by atoms with Crippen LogP contribution in [0.3, 0.4) is 0 Å². The molecule has 190 valence electrons. The van der Waals surface area contributed by atoms with E-state index in [0.717, 1.165) is 34.0 Å². The van der Waals surface area contributed by atoms with Crippen LogP contribution in [0.2, 0.25) is 0 Å². The number of para-hydroxylation sites is 2. The molecule has 0 radical (unpaired) electrons. The second-order valence-electron chi connectivity index (χ2n) is 11.1. The van der Waals surface area contributed by atoms with Crippen LogP contribution in [0.5, 0.6) is 0 Å². The number of fused-ring (bicyclic) bond motifs is 6. The Morgan fingerprint density at radius 3 is 1.90 bits per heavy atom. The second kappa shape index (κ2) is 8.49. The summed E-state index contributed by atoms with van der Waals surface area (Å²) in [5.41, 5.74) is 11.1. The van der Waals surface area contributed by atoms with Crippen LogP contribution < -0.4 is 0 Å². The SMILES string of the molecule is CC1(C)c2ccccc2-c2nc(-c3cccc(-n4c5ccccc5c5ccccc54)c3)nc(-c3ccccc3)c21. The topological polar surface area (TPSA) is 30.7 Å². The summed E-state index contributed by atoms with van der Waals surface area (Å²) in [7, 11) is 0. The first kappa shape index (κ1) is 22.9. The molecule has 3 nitrogen and oxygen atoms in total. The predicted octanol–water partition coefficient (Wildman–Crippen LogP) is 9.21. The zero-order valence-electron chi connectivity index (χ0n) is 22.5. The molecule has 0 saturated carbocycles. The van der Waals surface area contributed by atoms with E-state index in [1.54, 1.807) is 0 Å². The molecule has 0 atom stereocenters. The smallest absolute Gasteiger partial charge is 0.160 e. The van der Waals surface area contributed by atoms with Crippen LogP contribution in [0.15, 0.2) is 127 Å². The number of rotatable bonds is 3. The molecule has 1 aliphatic rings. The van der Waals surface area contributed by atoms with Crippen LogP contribution >= 0.6 is 0 Å². The summed E-state index contributed by atoms with van der Waals surface area (Å²) in [6.07, 6.45) is 0. The minimum Gasteiger partial charge on any atom is -0.309 e. The molecule has 7 aromatic rings. The number of hydrogen-bond donors (Lipinski definition) is 0. The fourth-order valence-electron chi connectivity index (χ4n) is 6.54. The van der Waals surface area contributed by atoms with Crippen molar-refractivity contribution in [2.24, 2.45) is 0 Å². The van der Waals surface area contributed by atoms with E-state index in [0.29, 0.717) is 0 Å². The van der Waals surface area contributed by atoms with Crippen molar-refractivity contribution in [3.05, 3.63) is 139 Å². The highest BCUT2D eigenvalue weighted by molar-refractivity contribution is 6.09. The number of nitrogens with zero attached hydrogens (tertiary/aromatic N) is 3. The molecule has 0 unspecified atom stereocenters. The fraction of sp³-hybridized carbons (Fsp3) is 0.0811. The van der Waals surface area contributed by atoms with Crippen molar-refractivity contribution in [2.45, 2.75) is 19.3 Å². The van der Waals surface area contributed by atoms with Crippen molar-refractivity contribution < 1.29 is 0 Å². The normalized spacial score (nSPS) is 13.4. The van der Waals surface area contributed by atoms with E-state index in [1.165, 1.54) is 38.5 Å². The van der Waals surface area contributed by atoms with Crippen LogP contribution in [0.4, 0.5) is 0 Å². The van der Waals surface area contributed by atoms with Crippen LogP contribution in [0.25, 0.3) is 61.4 Å². The number of benzene rings is 5. The van der Waals surface area contributed by atoms with E-state index < -0.39 is 0 Å². The highest BCUT2D eigenvalue weighted by Crippen LogP contribution is 2.51. The molecule has 0 saturated heterocycles. The molecule has 8 rings (SSSR count). The van der Waals surface area contributed by atoms with Gasteiger partial charge in [0.05, 0.1) is 22.4 Å². The molecule has 2 aromatic heterocycles. The number of hydrogen-bond acceptors (Lipinski definition) is 2. The van der Waals surface area contributed by atoms with Crippen molar-refractivity contribution >= 4 is 21.8 Å². The van der Waals surface area contributed by atoms with E-state index >= 15 is 0 Å². The Bertz CT molecular complexity index is 2030. The Balaban J connectivity index is 1.38. The van der Waals surface area contributed by atoms with Gasteiger partial charge in [0.2, 0.25) is 0 Å². The Morgan fingerprint density at radius 2 is 1.15 bits per heavy atom. The summed E-state index contributed by atoms with van der Waals surface area (Å²) in [5.74, 6) is 0.743. The summed E-state index contributed by atoms with van der Waals surface area (Å²) in [4.78, 5) is 10.6. The summed E-state index contributed by atoms with van der Waals surface area (Å²) in [6, 6.07) is 45.1. The molecule has 0 fully saturated rings.